The van der Waals surface area contributed by atoms with E-state index in [0.29, 0.717) is 12.2 Å². The topological polar surface area (TPSA) is 41.6 Å². The van der Waals surface area contributed by atoms with Crippen molar-refractivity contribution in [3.8, 4) is 5.75 Å². The van der Waals surface area contributed by atoms with Crippen molar-refractivity contribution >= 4 is 5.91 Å². The lowest BCUT2D eigenvalue weighted by molar-refractivity contribution is 0.0935. The fourth-order valence-electron chi connectivity index (χ4n) is 1.07. The first-order chi connectivity index (χ1) is 7.13. The van der Waals surface area contributed by atoms with Crippen LogP contribution >= 0.6 is 0 Å². The summed E-state index contributed by atoms with van der Waals surface area (Å²) in [5.41, 5.74) is 0.637. The van der Waals surface area contributed by atoms with Crippen LogP contribution in [0.25, 0.3) is 0 Å². The Morgan fingerprint density at radius 1 is 1.33 bits per heavy atom. The molecule has 0 unspecified atom stereocenters. The quantitative estimate of drug-likeness (QED) is 0.749. The van der Waals surface area contributed by atoms with Crippen LogP contribution in [0, 0.1) is 0 Å². The van der Waals surface area contributed by atoms with Crippen molar-refractivity contribution in [2.45, 2.75) is 0 Å². The molecule has 4 nitrogen and oxygen atoms in total. The van der Waals surface area contributed by atoms with Gasteiger partial charge >= 0.3 is 0 Å². The average molecular weight is 208 g/mol. The lowest BCUT2D eigenvalue weighted by Gasteiger charge is -2.11. The maximum atomic E-state index is 11.6. The number of methoxy groups -OCH3 is 1. The Kier molecular flexibility index (Phi) is 4.12. The first kappa shape index (κ1) is 11.5. The van der Waals surface area contributed by atoms with Crippen LogP contribution < -0.4 is 10.1 Å². The van der Waals surface area contributed by atoms with Gasteiger partial charge in [-0.05, 0) is 38.4 Å². The number of benzene rings is 1. The van der Waals surface area contributed by atoms with E-state index in [1.54, 1.807) is 31.4 Å². The lowest BCUT2D eigenvalue weighted by atomic mass is 10.2. The van der Waals surface area contributed by atoms with Crippen molar-refractivity contribution in [1.29, 1.82) is 0 Å². The highest BCUT2D eigenvalue weighted by molar-refractivity contribution is 5.94. The number of amides is 1. The third-order valence-corrected chi connectivity index (χ3v) is 1.91. The predicted octanol–water partition coefficient (Wildman–Crippen LogP) is 0.944. The molecule has 1 amide bonds. The number of carbonyl (C=O) groups is 1. The van der Waals surface area contributed by atoms with Gasteiger partial charge in [-0.25, -0.2) is 0 Å². The molecule has 0 fully saturated rings. The van der Waals surface area contributed by atoms with Gasteiger partial charge in [0.15, 0.2) is 0 Å². The molecule has 1 rings (SSSR count). The van der Waals surface area contributed by atoms with Crippen LogP contribution in [0.1, 0.15) is 10.4 Å². The van der Waals surface area contributed by atoms with Gasteiger partial charge in [0.25, 0.3) is 5.91 Å². The van der Waals surface area contributed by atoms with Gasteiger partial charge in [-0.15, -0.1) is 0 Å². The van der Waals surface area contributed by atoms with Crippen LogP contribution in [0.3, 0.4) is 0 Å². The fourth-order valence-corrected chi connectivity index (χ4v) is 1.07. The Bertz CT molecular complexity index is 320. The molecule has 0 aliphatic heterocycles. The second-order valence-electron chi connectivity index (χ2n) is 3.47. The molecule has 82 valence electrons. The molecule has 15 heavy (non-hydrogen) atoms. The second kappa shape index (κ2) is 5.36. The second-order valence-corrected chi connectivity index (χ2v) is 3.47. The van der Waals surface area contributed by atoms with Gasteiger partial charge in [-0.3, -0.25) is 9.69 Å². The summed E-state index contributed by atoms with van der Waals surface area (Å²) in [5.74, 6) is 0.672. The maximum absolute atomic E-state index is 11.6. The molecular weight excluding hydrogens is 192 g/mol. The summed E-state index contributed by atoms with van der Waals surface area (Å²) in [6, 6.07) is 7.02. The van der Waals surface area contributed by atoms with E-state index in [4.69, 9.17) is 4.74 Å². The van der Waals surface area contributed by atoms with Crippen molar-refractivity contribution in [3.05, 3.63) is 29.8 Å². The third kappa shape index (κ3) is 3.59. The van der Waals surface area contributed by atoms with Crippen LogP contribution in [0.4, 0.5) is 0 Å². The highest BCUT2D eigenvalue weighted by Gasteiger charge is 2.04. The molecule has 0 aliphatic rings. The van der Waals surface area contributed by atoms with Crippen LogP contribution in [-0.2, 0) is 0 Å². The number of carbonyl (C=O) groups excluding carboxylic acids is 1. The molecule has 1 N–H and O–H groups in total. The molecule has 0 radical (unpaired) electrons. The molecule has 0 heterocycles. The first-order valence-corrected chi connectivity index (χ1v) is 4.70. The number of nitrogens with one attached hydrogen (secondary N) is 1. The number of hydrogen-bond acceptors (Lipinski definition) is 3. The van der Waals surface area contributed by atoms with E-state index in [-0.39, 0.29) is 5.91 Å². The van der Waals surface area contributed by atoms with Crippen molar-refractivity contribution in [3.63, 3.8) is 0 Å². The Morgan fingerprint density at radius 3 is 2.40 bits per heavy atom. The molecule has 1 aromatic carbocycles. The van der Waals surface area contributed by atoms with Crippen LogP contribution in [0.5, 0.6) is 5.75 Å². The van der Waals surface area contributed by atoms with Gasteiger partial charge in [0.2, 0.25) is 0 Å². The molecule has 0 saturated carbocycles. The van der Waals surface area contributed by atoms with E-state index in [0.717, 1.165) is 5.75 Å². The van der Waals surface area contributed by atoms with E-state index in [1.165, 1.54) is 0 Å². The van der Waals surface area contributed by atoms with Gasteiger partial charge in [0.05, 0.1) is 13.8 Å². The molecule has 0 bridgehead atoms. The van der Waals surface area contributed by atoms with Gasteiger partial charge in [0, 0.05) is 5.56 Å². The van der Waals surface area contributed by atoms with Crippen molar-refractivity contribution in [2.75, 3.05) is 27.9 Å². The molecule has 0 aromatic heterocycles. The monoisotopic (exact) mass is 208 g/mol. The standard InChI is InChI=1S/C11H16N2O2/c1-13(2)8-12-11(14)9-4-6-10(15-3)7-5-9/h4-7H,8H2,1-3H3,(H,12,14). The summed E-state index contributed by atoms with van der Waals surface area (Å²) < 4.78 is 5.01. The van der Waals surface area contributed by atoms with Crippen LogP contribution in [0.2, 0.25) is 0 Å². The Balaban J connectivity index is 2.58. The van der Waals surface area contributed by atoms with E-state index >= 15 is 0 Å². The average Bonchev–Trinajstić information content (AvgIpc) is 2.26. The summed E-state index contributed by atoms with van der Waals surface area (Å²) in [4.78, 5) is 13.5. The predicted molar refractivity (Wildman–Crippen MR) is 59.0 cm³/mol. The summed E-state index contributed by atoms with van der Waals surface area (Å²) in [5, 5.41) is 2.78. The van der Waals surface area contributed by atoms with Gasteiger partial charge in [-0.2, -0.15) is 0 Å². The summed E-state index contributed by atoms with van der Waals surface area (Å²) >= 11 is 0. The van der Waals surface area contributed by atoms with Crippen molar-refractivity contribution in [2.24, 2.45) is 0 Å². The van der Waals surface area contributed by atoms with E-state index in [1.807, 2.05) is 19.0 Å². The van der Waals surface area contributed by atoms with E-state index in [9.17, 15) is 4.79 Å². The minimum atomic E-state index is -0.0775. The van der Waals surface area contributed by atoms with Gasteiger partial charge in [-0.1, -0.05) is 0 Å². The summed E-state index contributed by atoms with van der Waals surface area (Å²) in [6.45, 7) is 0.533. The zero-order valence-corrected chi connectivity index (χ0v) is 9.28. The third-order valence-electron chi connectivity index (χ3n) is 1.91. The zero-order valence-electron chi connectivity index (χ0n) is 9.28. The number of ether oxygens (including phenoxy) is 1. The molecule has 0 atom stereocenters. The molecule has 1 aromatic rings. The highest BCUT2D eigenvalue weighted by Crippen LogP contribution is 2.10. The highest BCUT2D eigenvalue weighted by atomic mass is 16.5. The molecule has 0 spiro atoms. The SMILES string of the molecule is COc1ccc(C(=O)NCN(C)C)cc1. The van der Waals surface area contributed by atoms with Crippen molar-refractivity contribution in [1.82, 2.24) is 10.2 Å². The van der Waals surface area contributed by atoms with Crippen LogP contribution in [0.15, 0.2) is 24.3 Å². The number of hydrogen-bond donors (Lipinski definition) is 1. The Labute approximate surface area is 89.8 Å². The van der Waals surface area contributed by atoms with Crippen LogP contribution in [-0.4, -0.2) is 38.7 Å². The fraction of sp³-hybridized carbons (Fsp3) is 0.364. The molecule has 0 aliphatic carbocycles. The minimum Gasteiger partial charge on any atom is -0.497 e. The minimum absolute atomic E-state index is 0.0775. The number of nitrogens with zero attached hydrogens (tertiary/aromatic N) is 1. The smallest absolute Gasteiger partial charge is 0.252 e. The number of rotatable bonds is 4. The maximum Gasteiger partial charge on any atom is 0.252 e. The summed E-state index contributed by atoms with van der Waals surface area (Å²) in [6.07, 6.45) is 0. The van der Waals surface area contributed by atoms with E-state index in [2.05, 4.69) is 5.32 Å². The molecular formula is C11H16N2O2. The summed E-state index contributed by atoms with van der Waals surface area (Å²) in [7, 11) is 5.39. The largest absolute Gasteiger partial charge is 0.497 e. The molecule has 4 heteroatoms. The van der Waals surface area contributed by atoms with Gasteiger partial charge < -0.3 is 10.1 Å². The lowest BCUT2D eigenvalue weighted by Crippen LogP contribution is -2.32. The zero-order chi connectivity index (χ0) is 11.3. The Hall–Kier alpha value is -1.55. The van der Waals surface area contributed by atoms with Crippen molar-refractivity contribution < 1.29 is 9.53 Å². The first-order valence-electron chi connectivity index (χ1n) is 4.70. The van der Waals surface area contributed by atoms with E-state index < -0.39 is 0 Å². The van der Waals surface area contributed by atoms with Gasteiger partial charge in [0.1, 0.15) is 5.75 Å². The Morgan fingerprint density at radius 2 is 1.93 bits per heavy atom. The normalized spacial score (nSPS) is 10.1. The molecule has 0 saturated heterocycles.